The van der Waals surface area contributed by atoms with Crippen LogP contribution in [0.3, 0.4) is 0 Å². The van der Waals surface area contributed by atoms with E-state index in [0.717, 1.165) is 16.0 Å². The number of para-hydroxylation sites is 1. The Bertz CT molecular complexity index is 1380. The third-order valence-electron chi connectivity index (χ3n) is 5.60. The van der Waals surface area contributed by atoms with E-state index in [-0.39, 0.29) is 29.9 Å². The van der Waals surface area contributed by atoms with Crippen LogP contribution in [0.15, 0.2) is 76.0 Å². The first-order valence-corrected chi connectivity index (χ1v) is 13.2. The summed E-state index contributed by atoms with van der Waals surface area (Å²) in [7, 11) is 0. The summed E-state index contributed by atoms with van der Waals surface area (Å²) in [5.41, 5.74) is 3.15. The van der Waals surface area contributed by atoms with Gasteiger partial charge < -0.3 is 10.6 Å². The molecule has 0 bridgehead atoms. The van der Waals surface area contributed by atoms with Crippen LogP contribution in [-0.2, 0) is 20.9 Å². The SMILES string of the molecule is Cc1cccc(NC(=O)CSC2=Nc3ccccc3C3=N[C@H](CC(=O)NCc4cccs4)C(=O)N23)c1. The van der Waals surface area contributed by atoms with Crippen molar-refractivity contribution in [1.29, 1.82) is 0 Å². The van der Waals surface area contributed by atoms with Crippen LogP contribution in [0.25, 0.3) is 0 Å². The number of nitrogens with zero attached hydrogens (tertiary/aromatic N) is 3. The Hall–Kier alpha value is -3.76. The zero-order chi connectivity index (χ0) is 25.1. The molecule has 8 nitrogen and oxygen atoms in total. The molecule has 0 saturated heterocycles. The van der Waals surface area contributed by atoms with Gasteiger partial charge in [0, 0.05) is 16.1 Å². The van der Waals surface area contributed by atoms with Gasteiger partial charge in [-0.3, -0.25) is 19.4 Å². The molecule has 182 valence electrons. The van der Waals surface area contributed by atoms with E-state index in [4.69, 9.17) is 0 Å². The lowest BCUT2D eigenvalue weighted by Crippen LogP contribution is -2.42. The van der Waals surface area contributed by atoms with Crippen LogP contribution >= 0.6 is 23.1 Å². The Morgan fingerprint density at radius 3 is 2.75 bits per heavy atom. The Morgan fingerprint density at radius 1 is 1.08 bits per heavy atom. The molecule has 1 atom stereocenters. The van der Waals surface area contributed by atoms with Gasteiger partial charge in [0.25, 0.3) is 5.91 Å². The monoisotopic (exact) mass is 517 g/mol. The molecule has 0 spiro atoms. The number of hydrogen-bond acceptors (Lipinski definition) is 7. The lowest BCUT2D eigenvalue weighted by Gasteiger charge is -2.25. The number of fused-ring (bicyclic) bond motifs is 3. The molecule has 0 radical (unpaired) electrons. The highest BCUT2D eigenvalue weighted by Crippen LogP contribution is 2.34. The lowest BCUT2D eigenvalue weighted by atomic mass is 10.1. The van der Waals surface area contributed by atoms with Crippen molar-refractivity contribution in [3.63, 3.8) is 0 Å². The zero-order valence-corrected chi connectivity index (χ0v) is 21.1. The highest BCUT2D eigenvalue weighted by Gasteiger charge is 2.42. The van der Waals surface area contributed by atoms with E-state index >= 15 is 0 Å². The number of aryl methyl sites for hydroxylation is 1. The van der Waals surface area contributed by atoms with E-state index in [1.807, 2.05) is 73.0 Å². The molecule has 0 fully saturated rings. The number of rotatable bonds is 7. The first-order chi connectivity index (χ1) is 17.5. The minimum Gasteiger partial charge on any atom is -0.351 e. The van der Waals surface area contributed by atoms with Crippen LogP contribution in [0.4, 0.5) is 11.4 Å². The first kappa shape index (κ1) is 24.0. The highest BCUT2D eigenvalue weighted by molar-refractivity contribution is 8.14. The van der Waals surface area contributed by atoms with E-state index < -0.39 is 6.04 Å². The third-order valence-corrected chi connectivity index (χ3v) is 7.42. The molecule has 2 aliphatic heterocycles. The Labute approximate surface area is 216 Å². The molecule has 10 heteroatoms. The number of benzene rings is 2. The Kier molecular flexibility index (Phi) is 6.97. The summed E-state index contributed by atoms with van der Waals surface area (Å²) in [6, 6.07) is 18.0. The summed E-state index contributed by atoms with van der Waals surface area (Å²) in [5.74, 6) is -0.248. The van der Waals surface area contributed by atoms with Crippen molar-refractivity contribution < 1.29 is 14.4 Å². The molecule has 2 aliphatic rings. The number of carbonyl (C=O) groups excluding carboxylic acids is 3. The number of thioether (sulfide) groups is 1. The van der Waals surface area contributed by atoms with Gasteiger partial charge in [-0.25, -0.2) is 9.89 Å². The van der Waals surface area contributed by atoms with Crippen molar-refractivity contribution in [3.8, 4) is 0 Å². The maximum atomic E-state index is 13.3. The zero-order valence-electron chi connectivity index (χ0n) is 19.4. The molecule has 1 aromatic heterocycles. The van der Waals surface area contributed by atoms with Crippen molar-refractivity contribution in [2.75, 3.05) is 11.1 Å². The van der Waals surface area contributed by atoms with Gasteiger partial charge in [-0.1, -0.05) is 42.1 Å². The molecule has 0 unspecified atom stereocenters. The van der Waals surface area contributed by atoms with Crippen molar-refractivity contribution in [3.05, 3.63) is 82.0 Å². The van der Waals surface area contributed by atoms with Crippen molar-refractivity contribution >= 4 is 63.2 Å². The fraction of sp³-hybridized carbons (Fsp3) is 0.192. The van der Waals surface area contributed by atoms with Crippen molar-refractivity contribution in [2.45, 2.75) is 25.9 Å². The third kappa shape index (κ3) is 5.24. The van der Waals surface area contributed by atoms with Crippen LogP contribution in [-0.4, -0.2) is 45.4 Å². The second-order valence-electron chi connectivity index (χ2n) is 8.32. The van der Waals surface area contributed by atoms with Gasteiger partial charge in [0.15, 0.2) is 5.17 Å². The molecular weight excluding hydrogens is 494 g/mol. The summed E-state index contributed by atoms with van der Waals surface area (Å²) >= 11 is 2.72. The summed E-state index contributed by atoms with van der Waals surface area (Å²) in [6.07, 6.45) is -0.0574. The number of carbonyl (C=O) groups is 3. The number of amidine groups is 2. The van der Waals surface area contributed by atoms with E-state index in [1.165, 1.54) is 16.7 Å². The standard InChI is InChI=1S/C26H23N5O3S2/c1-16-6-4-7-17(12-16)28-23(33)15-36-26-30-20-10-3-2-9-19(20)24-29-21(25(34)31(24)26)13-22(32)27-14-18-8-5-11-35-18/h2-12,21H,13-15H2,1H3,(H,27,32)(H,28,33)/t21-/m1/s1. The van der Waals surface area contributed by atoms with Crippen LogP contribution < -0.4 is 10.6 Å². The molecule has 3 heterocycles. The molecule has 0 aliphatic carbocycles. The molecule has 36 heavy (non-hydrogen) atoms. The van der Waals surface area contributed by atoms with E-state index in [9.17, 15) is 14.4 Å². The summed E-state index contributed by atoms with van der Waals surface area (Å²) in [5, 5.41) is 8.05. The minimum absolute atomic E-state index is 0.0574. The van der Waals surface area contributed by atoms with Gasteiger partial charge in [0.2, 0.25) is 11.8 Å². The van der Waals surface area contributed by atoms with E-state index in [0.29, 0.717) is 28.9 Å². The smallest absolute Gasteiger partial charge is 0.259 e. The second kappa shape index (κ2) is 10.5. The van der Waals surface area contributed by atoms with Gasteiger partial charge >= 0.3 is 0 Å². The van der Waals surface area contributed by atoms with Gasteiger partial charge in [-0.05, 0) is 48.2 Å². The quantitative estimate of drug-likeness (QED) is 0.493. The largest absolute Gasteiger partial charge is 0.351 e. The van der Waals surface area contributed by atoms with Crippen LogP contribution in [0.1, 0.15) is 22.4 Å². The molecule has 2 aromatic carbocycles. The number of thiophene rings is 1. The van der Waals surface area contributed by atoms with Gasteiger partial charge in [0.05, 0.1) is 24.4 Å². The molecule has 5 rings (SSSR count). The van der Waals surface area contributed by atoms with E-state index in [2.05, 4.69) is 20.6 Å². The fourth-order valence-corrected chi connectivity index (χ4v) is 5.37. The molecule has 3 amide bonds. The molecular formula is C26H23N5O3S2. The van der Waals surface area contributed by atoms with Crippen molar-refractivity contribution in [2.24, 2.45) is 9.98 Å². The average Bonchev–Trinajstić information content (AvgIpc) is 3.50. The second-order valence-corrected chi connectivity index (χ2v) is 10.3. The first-order valence-electron chi connectivity index (χ1n) is 11.4. The molecule has 0 saturated carbocycles. The van der Waals surface area contributed by atoms with Crippen molar-refractivity contribution in [1.82, 2.24) is 10.2 Å². The van der Waals surface area contributed by atoms with Crippen LogP contribution in [0, 0.1) is 6.92 Å². The summed E-state index contributed by atoms with van der Waals surface area (Å²) in [4.78, 5) is 50.2. The number of aliphatic imine (C=N–C) groups is 2. The average molecular weight is 518 g/mol. The summed E-state index contributed by atoms with van der Waals surface area (Å²) in [6.45, 7) is 2.37. The van der Waals surface area contributed by atoms with Crippen LogP contribution in [0.2, 0.25) is 0 Å². The Morgan fingerprint density at radius 2 is 1.94 bits per heavy atom. The maximum absolute atomic E-state index is 13.3. The maximum Gasteiger partial charge on any atom is 0.259 e. The molecule has 2 N–H and O–H groups in total. The van der Waals surface area contributed by atoms with Gasteiger partial charge in [-0.15, -0.1) is 11.3 Å². The van der Waals surface area contributed by atoms with E-state index in [1.54, 1.807) is 11.3 Å². The fourth-order valence-electron chi connectivity index (χ4n) is 3.93. The highest BCUT2D eigenvalue weighted by atomic mass is 32.2. The number of nitrogens with one attached hydrogen (secondary N) is 2. The van der Waals surface area contributed by atoms with Gasteiger partial charge in [-0.2, -0.15) is 0 Å². The minimum atomic E-state index is -0.846. The Balaban J connectivity index is 1.29. The predicted molar refractivity (Wildman–Crippen MR) is 144 cm³/mol. The topological polar surface area (TPSA) is 103 Å². The van der Waals surface area contributed by atoms with Gasteiger partial charge in [0.1, 0.15) is 11.9 Å². The number of anilines is 1. The predicted octanol–water partition coefficient (Wildman–Crippen LogP) is 4.09. The van der Waals surface area contributed by atoms with Crippen LogP contribution in [0.5, 0.6) is 0 Å². The number of amides is 3. The summed E-state index contributed by atoms with van der Waals surface area (Å²) < 4.78 is 0. The molecule has 3 aromatic rings. The lowest BCUT2D eigenvalue weighted by molar-refractivity contribution is -0.128. The number of hydrogen-bond donors (Lipinski definition) is 2. The normalized spacial score (nSPS) is 16.1.